The third kappa shape index (κ3) is 1.33. The first-order chi connectivity index (χ1) is 3.72. The smallest absolute Gasteiger partial charge is 0.257 e. The van der Waals surface area contributed by atoms with Crippen LogP contribution < -0.4 is 0 Å². The summed E-state index contributed by atoms with van der Waals surface area (Å²) in [5.41, 5.74) is 0. The van der Waals surface area contributed by atoms with Crippen molar-refractivity contribution < 1.29 is 9.59 Å². The monoisotopic (exact) mass is 116 g/mol. The summed E-state index contributed by atoms with van der Waals surface area (Å²) in [4.78, 5) is 37.4. The van der Waals surface area contributed by atoms with E-state index in [1.807, 2.05) is 0 Å². The summed E-state index contributed by atoms with van der Waals surface area (Å²) >= 11 is 0. The molecule has 0 aliphatic heterocycles. The Bertz CT molecular complexity index is 132. The molecule has 42 valence electrons. The van der Waals surface area contributed by atoms with E-state index in [-0.39, 0.29) is 0 Å². The fourth-order valence-electron chi connectivity index (χ4n) is 0.0781. The third-order valence-corrected chi connectivity index (χ3v) is 0.349. The van der Waals surface area contributed by atoms with Gasteiger partial charge in [0.15, 0.2) is 0 Å². The zero-order valence-electron chi connectivity index (χ0n) is 3.53. The zero-order valence-corrected chi connectivity index (χ0v) is 3.53. The van der Waals surface area contributed by atoms with E-state index in [0.29, 0.717) is 0 Å². The minimum absolute atomic E-state index is 1.63. The first-order valence-electron chi connectivity index (χ1n) is 1.47. The van der Waals surface area contributed by atoms with Crippen LogP contribution in [0.3, 0.4) is 0 Å². The van der Waals surface area contributed by atoms with Gasteiger partial charge in [0.05, 0.1) is 0 Å². The molecule has 0 atom stereocenters. The van der Waals surface area contributed by atoms with E-state index in [4.69, 9.17) is 9.81 Å². The highest BCUT2D eigenvalue weighted by atomic mass is 16.3. The molecule has 0 saturated carbocycles. The molecular formula is C2N2O4. The molecule has 6 nitrogen and oxygen atoms in total. The molecule has 0 fully saturated rings. The zero-order chi connectivity index (χ0) is 6.57. The van der Waals surface area contributed by atoms with Crippen LogP contribution in [0.15, 0.2) is 10.4 Å². The van der Waals surface area contributed by atoms with Crippen molar-refractivity contribution in [3.63, 3.8) is 0 Å². The molecule has 0 aliphatic carbocycles. The van der Waals surface area contributed by atoms with Gasteiger partial charge in [0.25, 0.3) is 0 Å². The number of nitrogens with zero attached hydrogens (tertiary/aromatic N) is 2. The van der Waals surface area contributed by atoms with E-state index in [1.54, 1.807) is 10.4 Å². The summed E-state index contributed by atoms with van der Waals surface area (Å²) < 4.78 is 0. The number of hydrogen-bond acceptors (Lipinski definition) is 4. The van der Waals surface area contributed by atoms with Crippen LogP contribution in [-0.2, 0) is 9.59 Å². The van der Waals surface area contributed by atoms with E-state index < -0.39 is 11.8 Å². The van der Waals surface area contributed by atoms with Gasteiger partial charge in [0.2, 0.25) is 0 Å². The number of carbonyl (C=O) groups excluding carboxylic acids is 2. The Hall–Kier alpha value is -1.46. The standard InChI is InChI=1S/C2N2O4/c5-1(3-7)2(6)4-8. The first kappa shape index (κ1) is 6.54. The quantitative estimate of drug-likeness (QED) is 0.317. The maximum atomic E-state index is 9.62. The van der Waals surface area contributed by atoms with E-state index in [2.05, 4.69) is 0 Å². The second-order valence-electron chi connectivity index (χ2n) is 0.793. The second kappa shape index (κ2) is 2.67. The van der Waals surface area contributed by atoms with Crippen LogP contribution in [0, 0.1) is 9.81 Å². The molecule has 0 rings (SSSR count). The van der Waals surface area contributed by atoms with E-state index in [9.17, 15) is 9.59 Å². The normalized spacial score (nSPS) is 7.50. The summed E-state index contributed by atoms with van der Waals surface area (Å²) in [6.45, 7) is 0. The summed E-state index contributed by atoms with van der Waals surface area (Å²) in [7, 11) is 0. The molecule has 0 aromatic carbocycles. The Morgan fingerprint density at radius 3 is 1.25 bits per heavy atom. The highest BCUT2D eigenvalue weighted by molar-refractivity contribution is 6.35. The van der Waals surface area contributed by atoms with Crippen LogP contribution >= 0.6 is 0 Å². The molecule has 0 N–H and O–H groups in total. The Labute approximate surface area is 42.8 Å². The molecule has 8 heavy (non-hydrogen) atoms. The second-order valence-corrected chi connectivity index (χ2v) is 0.793. The average Bonchev–Trinajstić information content (AvgIpc) is 1.84. The van der Waals surface area contributed by atoms with Gasteiger partial charge >= 0.3 is 11.8 Å². The van der Waals surface area contributed by atoms with E-state index in [1.165, 1.54) is 0 Å². The van der Waals surface area contributed by atoms with Gasteiger partial charge in [-0.1, -0.05) is 0 Å². The highest BCUT2D eigenvalue weighted by Crippen LogP contribution is 1.76. The first-order valence-corrected chi connectivity index (χ1v) is 1.47. The Morgan fingerprint density at radius 2 is 1.12 bits per heavy atom. The molecule has 0 heterocycles. The lowest BCUT2D eigenvalue weighted by atomic mass is 10.6. The average molecular weight is 116 g/mol. The lowest BCUT2D eigenvalue weighted by Gasteiger charge is -1.69. The van der Waals surface area contributed by atoms with Gasteiger partial charge in [0.1, 0.15) is 0 Å². The topological polar surface area (TPSA) is 93.0 Å². The highest BCUT2D eigenvalue weighted by Gasteiger charge is 2.12. The molecule has 0 bridgehead atoms. The summed E-state index contributed by atoms with van der Waals surface area (Å²) in [5.74, 6) is -3.33. The Balaban J connectivity index is 4.02. The van der Waals surface area contributed by atoms with E-state index >= 15 is 0 Å². The van der Waals surface area contributed by atoms with E-state index in [0.717, 1.165) is 0 Å². The van der Waals surface area contributed by atoms with Crippen molar-refractivity contribution in [2.75, 3.05) is 0 Å². The minimum atomic E-state index is -1.67. The summed E-state index contributed by atoms with van der Waals surface area (Å²) in [5, 5.41) is 3.25. The molecule has 0 aromatic rings. The van der Waals surface area contributed by atoms with Gasteiger partial charge in [-0.25, -0.2) is 0 Å². The SMILES string of the molecule is O=NC(=O)C(=O)N=O. The van der Waals surface area contributed by atoms with Crippen molar-refractivity contribution in [1.82, 2.24) is 0 Å². The largest absolute Gasteiger partial charge is 0.379 e. The number of carbonyl (C=O) groups is 2. The summed E-state index contributed by atoms with van der Waals surface area (Å²) in [6, 6.07) is 0. The van der Waals surface area contributed by atoms with Gasteiger partial charge in [0, 0.05) is 10.4 Å². The third-order valence-electron chi connectivity index (χ3n) is 0.349. The Morgan fingerprint density at radius 1 is 0.875 bits per heavy atom. The molecule has 0 spiro atoms. The van der Waals surface area contributed by atoms with Crippen LogP contribution in [0.25, 0.3) is 0 Å². The van der Waals surface area contributed by atoms with Crippen molar-refractivity contribution in [2.24, 2.45) is 10.4 Å². The number of nitroso groups, excluding NO2 is 2. The number of rotatable bonds is 0. The van der Waals surface area contributed by atoms with Gasteiger partial charge < -0.3 is 0 Å². The van der Waals surface area contributed by atoms with Gasteiger partial charge in [-0.2, -0.15) is 0 Å². The molecule has 0 unspecified atom stereocenters. The fourth-order valence-corrected chi connectivity index (χ4v) is 0.0781. The number of hydrogen-bond donors (Lipinski definition) is 0. The van der Waals surface area contributed by atoms with Crippen LogP contribution in [0.5, 0.6) is 0 Å². The predicted octanol–water partition coefficient (Wildman–Crippen LogP) is -0.428. The molecule has 2 amide bonds. The molecule has 0 aromatic heterocycles. The van der Waals surface area contributed by atoms with Crippen LogP contribution in [0.1, 0.15) is 0 Å². The van der Waals surface area contributed by atoms with Crippen LogP contribution in [0.2, 0.25) is 0 Å². The van der Waals surface area contributed by atoms with Crippen LogP contribution in [0.4, 0.5) is 0 Å². The lowest BCUT2D eigenvalue weighted by molar-refractivity contribution is -0.135. The van der Waals surface area contributed by atoms with Crippen LogP contribution in [-0.4, -0.2) is 11.8 Å². The van der Waals surface area contributed by atoms with Gasteiger partial charge in [-0.3, -0.25) is 9.59 Å². The predicted molar refractivity (Wildman–Crippen MR) is 21.6 cm³/mol. The van der Waals surface area contributed by atoms with Crippen molar-refractivity contribution >= 4 is 11.8 Å². The van der Waals surface area contributed by atoms with Crippen molar-refractivity contribution in [1.29, 1.82) is 0 Å². The van der Waals surface area contributed by atoms with Crippen molar-refractivity contribution in [2.45, 2.75) is 0 Å². The molecule has 0 aliphatic rings. The molecule has 0 saturated heterocycles. The number of amides is 2. The van der Waals surface area contributed by atoms with Crippen molar-refractivity contribution in [3.05, 3.63) is 9.81 Å². The van der Waals surface area contributed by atoms with Gasteiger partial charge in [-0.15, -0.1) is 9.81 Å². The van der Waals surface area contributed by atoms with Gasteiger partial charge in [-0.05, 0) is 0 Å². The maximum absolute atomic E-state index is 9.62. The maximum Gasteiger partial charge on any atom is 0.379 e. The Kier molecular flexibility index (Phi) is 2.18. The fraction of sp³-hybridized carbons (Fsp3) is 0. The lowest BCUT2D eigenvalue weighted by Crippen LogP contribution is -2.04. The molecule has 0 radical (unpaired) electrons. The minimum Gasteiger partial charge on any atom is -0.257 e. The summed E-state index contributed by atoms with van der Waals surface area (Å²) in [6.07, 6.45) is 0. The van der Waals surface area contributed by atoms with Crippen molar-refractivity contribution in [3.8, 4) is 0 Å². The molecular weight excluding hydrogens is 116 g/mol. The molecule has 6 heteroatoms.